The normalized spacial score (nSPS) is 18.6. The molecule has 4 amide bonds. The first kappa shape index (κ1) is 13.1. The number of hydrogen-bond donors (Lipinski definition) is 2. The fourth-order valence-electron chi connectivity index (χ4n) is 1.86. The number of amides is 4. The number of carbonyl (C=O) groups excluding carboxylic acids is 3. The summed E-state index contributed by atoms with van der Waals surface area (Å²) in [5.41, 5.74) is 0.962. The SMILES string of the molecule is CN1C(=O)CC(NC(=O)NCc2ccccc2)C1=O. The molecule has 1 aromatic carbocycles. The highest BCUT2D eigenvalue weighted by molar-refractivity contribution is 6.06. The van der Waals surface area contributed by atoms with E-state index in [-0.39, 0.29) is 18.2 Å². The van der Waals surface area contributed by atoms with E-state index in [0.29, 0.717) is 6.54 Å². The highest BCUT2D eigenvalue weighted by atomic mass is 16.2. The Balaban J connectivity index is 1.82. The van der Waals surface area contributed by atoms with E-state index >= 15 is 0 Å². The van der Waals surface area contributed by atoms with Crippen molar-refractivity contribution in [1.82, 2.24) is 15.5 Å². The fourth-order valence-corrected chi connectivity index (χ4v) is 1.86. The van der Waals surface area contributed by atoms with Crippen LogP contribution in [-0.4, -0.2) is 35.8 Å². The van der Waals surface area contributed by atoms with Gasteiger partial charge < -0.3 is 10.6 Å². The van der Waals surface area contributed by atoms with Gasteiger partial charge in [0.15, 0.2) is 0 Å². The second kappa shape index (κ2) is 5.51. The van der Waals surface area contributed by atoms with E-state index in [1.165, 1.54) is 7.05 Å². The number of rotatable bonds is 3. The summed E-state index contributed by atoms with van der Waals surface area (Å²) in [4.78, 5) is 35.5. The number of carbonyl (C=O) groups is 3. The minimum atomic E-state index is -0.756. The molecule has 1 aromatic rings. The Morgan fingerprint density at radius 1 is 1.32 bits per heavy atom. The number of imide groups is 1. The quantitative estimate of drug-likeness (QED) is 0.765. The average Bonchev–Trinajstić information content (AvgIpc) is 2.65. The van der Waals surface area contributed by atoms with E-state index in [1.807, 2.05) is 30.3 Å². The van der Waals surface area contributed by atoms with E-state index in [1.54, 1.807) is 0 Å². The number of nitrogens with zero attached hydrogens (tertiary/aromatic N) is 1. The molecule has 6 nitrogen and oxygen atoms in total. The maximum absolute atomic E-state index is 11.6. The molecule has 0 saturated carbocycles. The van der Waals surface area contributed by atoms with Gasteiger partial charge in [-0.05, 0) is 5.56 Å². The van der Waals surface area contributed by atoms with Crippen LogP contribution in [0.3, 0.4) is 0 Å². The van der Waals surface area contributed by atoms with Gasteiger partial charge in [-0.15, -0.1) is 0 Å². The van der Waals surface area contributed by atoms with Crippen LogP contribution in [0.2, 0.25) is 0 Å². The van der Waals surface area contributed by atoms with Gasteiger partial charge in [0.25, 0.3) is 5.91 Å². The van der Waals surface area contributed by atoms with Crippen molar-refractivity contribution < 1.29 is 14.4 Å². The van der Waals surface area contributed by atoms with Crippen molar-refractivity contribution in [3.05, 3.63) is 35.9 Å². The third-order valence-electron chi connectivity index (χ3n) is 2.98. The lowest BCUT2D eigenvalue weighted by Crippen LogP contribution is -2.45. The molecule has 19 heavy (non-hydrogen) atoms. The Morgan fingerprint density at radius 3 is 2.58 bits per heavy atom. The van der Waals surface area contributed by atoms with Crippen LogP contribution in [0.1, 0.15) is 12.0 Å². The van der Waals surface area contributed by atoms with Crippen LogP contribution in [0.5, 0.6) is 0 Å². The molecule has 0 bridgehead atoms. The van der Waals surface area contributed by atoms with Crippen molar-refractivity contribution in [2.75, 3.05) is 7.05 Å². The molecular weight excluding hydrogens is 246 g/mol. The van der Waals surface area contributed by atoms with Gasteiger partial charge in [-0.1, -0.05) is 30.3 Å². The lowest BCUT2D eigenvalue weighted by Gasteiger charge is -2.12. The number of benzene rings is 1. The van der Waals surface area contributed by atoms with Gasteiger partial charge in [-0.25, -0.2) is 4.79 Å². The molecule has 1 heterocycles. The molecule has 2 N–H and O–H groups in total. The molecule has 1 unspecified atom stereocenters. The number of hydrogen-bond acceptors (Lipinski definition) is 3. The molecule has 1 aliphatic heterocycles. The lowest BCUT2D eigenvalue weighted by molar-refractivity contribution is -0.137. The maximum atomic E-state index is 11.6. The average molecular weight is 261 g/mol. The van der Waals surface area contributed by atoms with Gasteiger partial charge in [0.2, 0.25) is 5.91 Å². The highest BCUT2D eigenvalue weighted by Gasteiger charge is 2.36. The summed E-state index contributed by atoms with van der Waals surface area (Å²) in [5, 5.41) is 5.14. The molecule has 0 aliphatic carbocycles. The molecule has 1 fully saturated rings. The number of urea groups is 1. The third-order valence-corrected chi connectivity index (χ3v) is 2.98. The first-order valence-corrected chi connectivity index (χ1v) is 5.96. The molecule has 100 valence electrons. The van der Waals surface area contributed by atoms with Gasteiger partial charge in [0, 0.05) is 13.6 Å². The van der Waals surface area contributed by atoms with Crippen molar-refractivity contribution in [2.24, 2.45) is 0 Å². The molecule has 2 rings (SSSR count). The van der Waals surface area contributed by atoms with Crippen LogP contribution in [0.4, 0.5) is 4.79 Å². The van der Waals surface area contributed by atoms with Crippen LogP contribution >= 0.6 is 0 Å². The van der Waals surface area contributed by atoms with Crippen molar-refractivity contribution in [3.8, 4) is 0 Å². The Hall–Kier alpha value is -2.37. The van der Waals surface area contributed by atoms with Gasteiger partial charge in [0.1, 0.15) is 6.04 Å². The summed E-state index contributed by atoms with van der Waals surface area (Å²) < 4.78 is 0. The second-order valence-corrected chi connectivity index (χ2v) is 4.36. The van der Waals surface area contributed by atoms with Gasteiger partial charge in [0.05, 0.1) is 6.42 Å². The first-order chi connectivity index (χ1) is 9.08. The molecule has 6 heteroatoms. The minimum Gasteiger partial charge on any atom is -0.334 e. The number of likely N-dealkylation sites (tertiary alicyclic amines) is 1. The lowest BCUT2D eigenvalue weighted by atomic mass is 10.2. The smallest absolute Gasteiger partial charge is 0.315 e. The Labute approximate surface area is 110 Å². The molecular formula is C13H15N3O3. The molecule has 0 radical (unpaired) electrons. The Bertz CT molecular complexity index is 501. The van der Waals surface area contributed by atoms with Crippen molar-refractivity contribution in [3.63, 3.8) is 0 Å². The summed E-state index contributed by atoms with van der Waals surface area (Å²) in [5.74, 6) is -0.654. The maximum Gasteiger partial charge on any atom is 0.315 e. The zero-order chi connectivity index (χ0) is 13.8. The summed E-state index contributed by atoms with van der Waals surface area (Å²) in [6.45, 7) is 0.372. The monoisotopic (exact) mass is 261 g/mol. The minimum absolute atomic E-state index is 0.0219. The summed E-state index contributed by atoms with van der Waals surface area (Å²) in [6, 6.07) is 8.21. The zero-order valence-electron chi connectivity index (χ0n) is 10.6. The van der Waals surface area contributed by atoms with Crippen LogP contribution in [-0.2, 0) is 16.1 Å². The van der Waals surface area contributed by atoms with Crippen molar-refractivity contribution >= 4 is 17.8 Å². The van der Waals surface area contributed by atoms with E-state index < -0.39 is 12.1 Å². The fraction of sp³-hybridized carbons (Fsp3) is 0.308. The molecule has 1 atom stereocenters. The van der Waals surface area contributed by atoms with Gasteiger partial charge >= 0.3 is 6.03 Å². The first-order valence-electron chi connectivity index (χ1n) is 5.96. The highest BCUT2D eigenvalue weighted by Crippen LogP contribution is 2.10. The van der Waals surface area contributed by atoms with Crippen molar-refractivity contribution in [2.45, 2.75) is 19.0 Å². The van der Waals surface area contributed by atoms with E-state index in [0.717, 1.165) is 10.5 Å². The second-order valence-electron chi connectivity index (χ2n) is 4.36. The van der Waals surface area contributed by atoms with Crippen LogP contribution in [0.15, 0.2) is 30.3 Å². The van der Waals surface area contributed by atoms with Crippen LogP contribution < -0.4 is 10.6 Å². The molecule has 1 saturated heterocycles. The summed E-state index contributed by atoms with van der Waals surface area (Å²) in [7, 11) is 1.41. The van der Waals surface area contributed by atoms with Gasteiger partial charge in [-0.2, -0.15) is 0 Å². The third kappa shape index (κ3) is 3.09. The van der Waals surface area contributed by atoms with Crippen molar-refractivity contribution in [1.29, 1.82) is 0 Å². The number of likely N-dealkylation sites (N-methyl/N-ethyl adjacent to an activating group) is 1. The summed E-state index contributed by atoms with van der Waals surface area (Å²) in [6.07, 6.45) is 0.0219. The molecule has 0 spiro atoms. The number of nitrogens with one attached hydrogen (secondary N) is 2. The standard InChI is InChI=1S/C13H15N3O3/c1-16-11(17)7-10(12(16)18)15-13(19)14-8-9-5-3-2-4-6-9/h2-6,10H,7-8H2,1H3,(H2,14,15,19). The Morgan fingerprint density at radius 2 is 2.00 bits per heavy atom. The zero-order valence-corrected chi connectivity index (χ0v) is 10.6. The Kier molecular flexibility index (Phi) is 3.79. The molecule has 1 aliphatic rings. The predicted octanol–water partition coefficient (Wildman–Crippen LogP) is 0.243. The van der Waals surface area contributed by atoms with E-state index in [2.05, 4.69) is 10.6 Å². The molecule has 0 aromatic heterocycles. The van der Waals surface area contributed by atoms with Gasteiger partial charge in [-0.3, -0.25) is 14.5 Å². The van der Waals surface area contributed by atoms with Crippen LogP contribution in [0.25, 0.3) is 0 Å². The van der Waals surface area contributed by atoms with Crippen LogP contribution in [0, 0.1) is 0 Å². The summed E-state index contributed by atoms with van der Waals surface area (Å²) >= 11 is 0. The topological polar surface area (TPSA) is 78.5 Å². The predicted molar refractivity (Wildman–Crippen MR) is 68.0 cm³/mol. The van der Waals surface area contributed by atoms with E-state index in [9.17, 15) is 14.4 Å². The van der Waals surface area contributed by atoms with E-state index in [4.69, 9.17) is 0 Å². The largest absolute Gasteiger partial charge is 0.334 e.